The van der Waals surface area contributed by atoms with Crippen molar-refractivity contribution in [1.29, 1.82) is 0 Å². The second-order valence-corrected chi connectivity index (χ2v) is 15.0. The number of aryl methyl sites for hydroxylation is 2. The van der Waals surface area contributed by atoms with Crippen LogP contribution in [0.25, 0.3) is 0 Å². The zero-order valence-corrected chi connectivity index (χ0v) is 31.0. The van der Waals surface area contributed by atoms with Gasteiger partial charge in [-0.15, -0.1) is 0 Å². The van der Waals surface area contributed by atoms with E-state index in [2.05, 4.69) is 20.9 Å². The number of piperidine rings is 1. The van der Waals surface area contributed by atoms with E-state index < -0.39 is 54.0 Å². The predicted molar refractivity (Wildman–Crippen MR) is 192 cm³/mol. The average molecular weight is 721 g/mol. The van der Waals surface area contributed by atoms with Gasteiger partial charge in [0.1, 0.15) is 23.9 Å². The number of amides is 5. The number of hydrogen-bond donors (Lipinski definition) is 5. The summed E-state index contributed by atoms with van der Waals surface area (Å²) in [5, 5.41) is 18.8. The average Bonchev–Trinajstić information content (AvgIpc) is 3.46. The number of ketones is 1. The molecular weight excluding hydrogens is 668 g/mol. The maximum Gasteiger partial charge on any atom is 0.258 e. The number of aromatic nitrogens is 1. The molecule has 4 atom stereocenters. The Kier molecular flexibility index (Phi) is 11.8. The molecule has 1 saturated heterocycles. The van der Waals surface area contributed by atoms with Gasteiger partial charge in [0, 0.05) is 44.5 Å². The lowest BCUT2D eigenvalue weighted by molar-refractivity contribution is -0.144. The third-order valence-electron chi connectivity index (χ3n) is 10.8. The van der Waals surface area contributed by atoms with E-state index in [-0.39, 0.29) is 30.1 Å². The van der Waals surface area contributed by atoms with Gasteiger partial charge in [0.15, 0.2) is 12.4 Å². The summed E-state index contributed by atoms with van der Waals surface area (Å²) >= 11 is 0. The van der Waals surface area contributed by atoms with Gasteiger partial charge in [-0.2, -0.15) is 0 Å². The largest absolute Gasteiger partial charge is 0.484 e. The number of H-pyrrole nitrogens is 1. The van der Waals surface area contributed by atoms with E-state index in [1.807, 2.05) is 39.0 Å². The van der Waals surface area contributed by atoms with Crippen molar-refractivity contribution >= 4 is 35.3 Å². The van der Waals surface area contributed by atoms with Gasteiger partial charge in [-0.3, -0.25) is 28.8 Å². The number of Topliss-reactive ketones (excluding diaryl/α,β-unsaturated/α-hetero) is 1. The van der Waals surface area contributed by atoms with Gasteiger partial charge < -0.3 is 40.6 Å². The SMILES string of the molecule is Cc1[nH]c2c(c1C(=O)N1CCC3(CC1)CNC(=O)[C@@H](C(C)C)NC(=O)[C@H](C)N(C)C(=O)[C@H]([C@@H](C)O)NC(=O)COc1cccc(c1)C3)C(=O)CCC2. The molecule has 1 aliphatic carbocycles. The Morgan fingerprint density at radius 2 is 1.71 bits per heavy atom. The molecule has 1 aromatic carbocycles. The zero-order chi connectivity index (χ0) is 37.9. The standard InChI is InChI=1S/C38H52N6O8/c1-21(2)32-35(49)39-20-38(13-15-44(16-14-38)36(50)30-22(3)40-27-11-8-12-28(46)31(27)30)18-25-9-7-10-26(17-25)52-19-29(47)41-33(24(5)45)37(51)43(6)23(4)34(48)42-32/h7,9-10,17,21,23-24,32-33,40,45H,8,11-16,18-20H2,1-6H3,(H,39,49)(H,41,47)(H,42,48)/t23-,24+,32+,33-/m0/s1. The second-order valence-electron chi connectivity index (χ2n) is 15.0. The molecular formula is C38H52N6O8. The topological polar surface area (TPSA) is 190 Å². The Morgan fingerprint density at radius 1 is 1.00 bits per heavy atom. The van der Waals surface area contributed by atoms with Gasteiger partial charge in [-0.1, -0.05) is 26.0 Å². The van der Waals surface area contributed by atoms with Gasteiger partial charge in [0.2, 0.25) is 17.7 Å². The van der Waals surface area contributed by atoms with Gasteiger partial charge >= 0.3 is 0 Å². The number of aliphatic hydroxyl groups is 1. The summed E-state index contributed by atoms with van der Waals surface area (Å²) in [6, 6.07) is 4.02. The van der Waals surface area contributed by atoms with E-state index in [1.165, 1.54) is 20.9 Å². The highest BCUT2D eigenvalue weighted by atomic mass is 16.5. The number of aromatic amines is 1. The lowest BCUT2D eigenvalue weighted by Crippen LogP contribution is -2.59. The molecule has 5 N–H and O–H groups in total. The van der Waals surface area contributed by atoms with Crippen molar-refractivity contribution in [3.63, 3.8) is 0 Å². The fourth-order valence-electron chi connectivity index (χ4n) is 7.47. The van der Waals surface area contributed by atoms with E-state index in [4.69, 9.17) is 4.74 Å². The van der Waals surface area contributed by atoms with E-state index in [9.17, 15) is 33.9 Å². The normalized spacial score (nSPS) is 24.2. The molecule has 0 unspecified atom stereocenters. The summed E-state index contributed by atoms with van der Waals surface area (Å²) in [7, 11) is 1.40. The minimum atomic E-state index is -1.33. The number of nitrogens with one attached hydrogen (secondary N) is 4. The second kappa shape index (κ2) is 15.9. The van der Waals surface area contributed by atoms with Crippen LogP contribution in [-0.4, -0.2) is 113 Å². The van der Waals surface area contributed by atoms with Crippen molar-refractivity contribution in [2.24, 2.45) is 11.3 Å². The smallest absolute Gasteiger partial charge is 0.258 e. The number of carbonyl (C=O) groups excluding carboxylic acids is 6. The van der Waals surface area contributed by atoms with Crippen molar-refractivity contribution < 1.29 is 38.6 Å². The third-order valence-corrected chi connectivity index (χ3v) is 10.8. The Hall–Kier alpha value is -4.72. The van der Waals surface area contributed by atoms with Crippen molar-refractivity contribution in [3.8, 4) is 5.75 Å². The number of rotatable bonds is 3. The lowest BCUT2D eigenvalue weighted by Gasteiger charge is -2.42. The highest BCUT2D eigenvalue weighted by Crippen LogP contribution is 2.37. The number of likely N-dealkylation sites (tertiary alicyclic amines) is 1. The zero-order valence-electron chi connectivity index (χ0n) is 31.0. The number of benzene rings is 1. The number of nitrogens with zero attached hydrogens (tertiary/aromatic N) is 2. The van der Waals surface area contributed by atoms with E-state index in [0.717, 1.165) is 29.0 Å². The molecule has 2 bridgehead atoms. The van der Waals surface area contributed by atoms with Crippen LogP contribution in [0.4, 0.5) is 0 Å². The predicted octanol–water partition coefficient (Wildman–Crippen LogP) is 1.67. The van der Waals surface area contributed by atoms with E-state index >= 15 is 0 Å². The molecule has 14 nitrogen and oxygen atoms in total. The molecule has 2 aromatic rings. The van der Waals surface area contributed by atoms with Gasteiger partial charge in [0.05, 0.1) is 17.2 Å². The first-order valence-electron chi connectivity index (χ1n) is 18.2. The molecule has 14 heteroatoms. The highest BCUT2D eigenvalue weighted by molar-refractivity contribution is 6.10. The van der Waals surface area contributed by atoms with Gasteiger partial charge in [0.25, 0.3) is 11.8 Å². The minimum Gasteiger partial charge on any atom is -0.484 e. The molecule has 2 aliphatic heterocycles. The quantitative estimate of drug-likeness (QED) is 0.317. The number of ether oxygens (including phenoxy) is 1. The molecule has 1 aromatic heterocycles. The molecule has 282 valence electrons. The van der Waals surface area contributed by atoms with Crippen LogP contribution in [-0.2, 0) is 32.0 Å². The van der Waals surface area contributed by atoms with Crippen LogP contribution in [0.15, 0.2) is 24.3 Å². The summed E-state index contributed by atoms with van der Waals surface area (Å²) in [4.78, 5) is 86.5. The Labute approximate surface area is 304 Å². The minimum absolute atomic E-state index is 0.00794. The first-order valence-corrected chi connectivity index (χ1v) is 18.2. The van der Waals surface area contributed by atoms with Crippen molar-refractivity contribution in [2.45, 2.75) is 97.4 Å². The molecule has 3 heterocycles. The molecule has 52 heavy (non-hydrogen) atoms. The van der Waals surface area contributed by atoms with Gasteiger partial charge in [-0.05, 0) is 81.9 Å². The molecule has 0 radical (unpaired) electrons. The highest BCUT2D eigenvalue weighted by Gasteiger charge is 2.40. The molecule has 3 aliphatic rings. The number of aliphatic hydroxyl groups excluding tert-OH is 1. The first kappa shape index (κ1) is 38.5. The molecule has 0 saturated carbocycles. The monoisotopic (exact) mass is 720 g/mol. The molecule has 1 fully saturated rings. The fraction of sp³-hybridized carbons (Fsp3) is 0.579. The first-order chi connectivity index (χ1) is 24.6. The third kappa shape index (κ3) is 8.32. The van der Waals surface area contributed by atoms with Crippen LogP contribution >= 0.6 is 0 Å². The number of hydrogen-bond acceptors (Lipinski definition) is 8. The van der Waals surface area contributed by atoms with Crippen LogP contribution < -0.4 is 20.7 Å². The number of likely N-dealkylation sites (N-methyl/N-ethyl adjacent to an activating group) is 1. The van der Waals surface area contributed by atoms with Crippen molar-refractivity contribution in [2.75, 3.05) is 33.3 Å². The molecule has 5 amide bonds. The van der Waals surface area contributed by atoms with Crippen molar-refractivity contribution in [3.05, 3.63) is 52.3 Å². The Morgan fingerprint density at radius 3 is 2.38 bits per heavy atom. The van der Waals surface area contributed by atoms with Crippen LogP contribution in [0.2, 0.25) is 0 Å². The Bertz CT molecular complexity index is 1710. The summed E-state index contributed by atoms with van der Waals surface area (Å²) in [6.07, 6.45) is 2.28. The lowest BCUT2D eigenvalue weighted by atomic mass is 9.73. The fourth-order valence-corrected chi connectivity index (χ4v) is 7.47. The van der Waals surface area contributed by atoms with Gasteiger partial charge in [-0.25, -0.2) is 0 Å². The Balaban J connectivity index is 1.42. The molecule has 5 rings (SSSR count). The van der Waals surface area contributed by atoms with Crippen LogP contribution in [0.3, 0.4) is 0 Å². The number of fused-ring (bicyclic) bond motifs is 3. The van der Waals surface area contributed by atoms with Crippen molar-refractivity contribution in [1.82, 2.24) is 30.7 Å². The summed E-state index contributed by atoms with van der Waals surface area (Å²) in [6.45, 7) is 9.00. The maximum absolute atomic E-state index is 13.9. The van der Waals surface area contributed by atoms with Crippen LogP contribution in [0, 0.1) is 18.3 Å². The van der Waals surface area contributed by atoms with Crippen LogP contribution in [0.1, 0.15) is 91.0 Å². The summed E-state index contributed by atoms with van der Waals surface area (Å²) in [5.74, 6) is -2.30. The summed E-state index contributed by atoms with van der Waals surface area (Å²) in [5.41, 5.74) is 2.91. The molecule has 1 spiro atoms. The van der Waals surface area contributed by atoms with E-state index in [0.29, 0.717) is 61.3 Å². The van der Waals surface area contributed by atoms with Crippen LogP contribution in [0.5, 0.6) is 5.75 Å². The maximum atomic E-state index is 13.9. The number of carbonyl (C=O) groups is 6. The summed E-state index contributed by atoms with van der Waals surface area (Å²) < 4.78 is 5.81. The van der Waals surface area contributed by atoms with E-state index in [1.54, 1.807) is 11.0 Å².